The van der Waals surface area contributed by atoms with Gasteiger partial charge in [-0.25, -0.2) is 9.97 Å². The van der Waals surface area contributed by atoms with E-state index in [1.54, 1.807) is 0 Å². The van der Waals surface area contributed by atoms with Gasteiger partial charge in [0.05, 0.1) is 17.0 Å². The molecule has 0 unspecified atom stereocenters. The van der Waals surface area contributed by atoms with Crippen molar-refractivity contribution in [2.24, 2.45) is 7.05 Å². The molecular formula is C21H27N5S. The second-order valence-corrected chi connectivity index (χ2v) is 8.79. The lowest BCUT2D eigenvalue weighted by molar-refractivity contribution is 0.224. The zero-order valence-corrected chi connectivity index (χ0v) is 17.2. The van der Waals surface area contributed by atoms with Crippen molar-refractivity contribution >= 4 is 22.7 Å². The molecule has 1 aromatic carbocycles. The summed E-state index contributed by atoms with van der Waals surface area (Å²) in [5, 5.41) is 6.28. The average Bonchev–Trinajstić information content (AvgIpc) is 2.98. The van der Waals surface area contributed by atoms with Crippen LogP contribution in [0.3, 0.4) is 0 Å². The van der Waals surface area contributed by atoms with Crippen LogP contribution < -0.4 is 0 Å². The highest BCUT2D eigenvalue weighted by Gasteiger charge is 2.21. The minimum absolute atomic E-state index is 0.701. The number of likely N-dealkylation sites (tertiary alicyclic amines) is 1. The average molecular weight is 382 g/mol. The molecule has 6 heteroatoms. The summed E-state index contributed by atoms with van der Waals surface area (Å²) in [5.41, 5.74) is 4.81. The zero-order valence-electron chi connectivity index (χ0n) is 16.4. The van der Waals surface area contributed by atoms with Crippen molar-refractivity contribution in [2.75, 3.05) is 13.1 Å². The van der Waals surface area contributed by atoms with E-state index in [4.69, 9.17) is 4.98 Å². The predicted octanol–water partition coefficient (Wildman–Crippen LogP) is 3.88. The number of fused-ring (bicyclic) bond motifs is 1. The van der Waals surface area contributed by atoms with E-state index in [1.807, 2.05) is 29.7 Å². The first-order chi connectivity index (χ1) is 13.1. The number of benzene rings is 1. The molecule has 1 saturated heterocycles. The minimum atomic E-state index is 0.701. The molecule has 1 aliphatic heterocycles. The monoisotopic (exact) mass is 381 g/mol. The van der Waals surface area contributed by atoms with E-state index in [0.29, 0.717) is 5.25 Å². The smallest absolute Gasteiger partial charge is 0.138 e. The number of aromatic nitrogens is 4. The molecule has 0 spiro atoms. The lowest BCUT2D eigenvalue weighted by Gasteiger charge is -2.31. The summed E-state index contributed by atoms with van der Waals surface area (Å²) in [6.45, 7) is 7.55. The summed E-state index contributed by atoms with van der Waals surface area (Å²) in [7, 11) is 2.00. The topological polar surface area (TPSA) is 46.8 Å². The van der Waals surface area contributed by atoms with Gasteiger partial charge in [-0.15, -0.1) is 0 Å². The van der Waals surface area contributed by atoms with Crippen molar-refractivity contribution in [2.45, 2.75) is 44.2 Å². The molecular weight excluding hydrogens is 354 g/mol. The molecule has 1 fully saturated rings. The fourth-order valence-electron chi connectivity index (χ4n) is 3.78. The van der Waals surface area contributed by atoms with Crippen LogP contribution in [0.25, 0.3) is 10.9 Å². The van der Waals surface area contributed by atoms with E-state index in [-0.39, 0.29) is 0 Å². The van der Waals surface area contributed by atoms with Gasteiger partial charge in [0, 0.05) is 42.2 Å². The highest BCUT2D eigenvalue weighted by Crippen LogP contribution is 2.27. The maximum atomic E-state index is 4.79. The van der Waals surface area contributed by atoms with Gasteiger partial charge in [0.1, 0.15) is 5.82 Å². The first-order valence-corrected chi connectivity index (χ1v) is 10.7. The van der Waals surface area contributed by atoms with Gasteiger partial charge in [-0.2, -0.15) is 16.9 Å². The van der Waals surface area contributed by atoms with Crippen LogP contribution in [0.5, 0.6) is 0 Å². The zero-order chi connectivity index (χ0) is 18.8. The van der Waals surface area contributed by atoms with Crippen molar-refractivity contribution < 1.29 is 0 Å². The van der Waals surface area contributed by atoms with Gasteiger partial charge in [-0.05, 0) is 45.3 Å². The molecule has 4 rings (SSSR count). The van der Waals surface area contributed by atoms with Gasteiger partial charge >= 0.3 is 0 Å². The Morgan fingerprint density at radius 1 is 1.19 bits per heavy atom. The van der Waals surface area contributed by atoms with Crippen LogP contribution in [-0.2, 0) is 19.3 Å². The number of hydrogen-bond acceptors (Lipinski definition) is 5. The van der Waals surface area contributed by atoms with E-state index >= 15 is 0 Å². The predicted molar refractivity (Wildman–Crippen MR) is 112 cm³/mol. The van der Waals surface area contributed by atoms with E-state index in [1.165, 1.54) is 24.0 Å². The van der Waals surface area contributed by atoms with Crippen molar-refractivity contribution in [1.29, 1.82) is 0 Å². The molecule has 0 N–H and O–H groups in total. The van der Waals surface area contributed by atoms with Gasteiger partial charge < -0.3 is 0 Å². The van der Waals surface area contributed by atoms with Gasteiger partial charge in [-0.1, -0.05) is 18.2 Å². The maximum absolute atomic E-state index is 4.79. The van der Waals surface area contributed by atoms with Gasteiger partial charge in [0.25, 0.3) is 0 Å². The molecule has 3 aromatic rings. The Balaban J connectivity index is 1.29. The second kappa shape index (κ2) is 7.98. The maximum Gasteiger partial charge on any atom is 0.138 e. The Morgan fingerprint density at radius 2 is 2.00 bits per heavy atom. The minimum Gasteiger partial charge on any atom is -0.299 e. The van der Waals surface area contributed by atoms with Gasteiger partial charge in [0.2, 0.25) is 0 Å². The number of nitrogens with zero attached hydrogens (tertiary/aromatic N) is 5. The number of para-hydroxylation sites is 1. The molecule has 3 heterocycles. The largest absolute Gasteiger partial charge is 0.299 e. The molecule has 142 valence electrons. The molecule has 0 aliphatic carbocycles. The van der Waals surface area contributed by atoms with Crippen molar-refractivity contribution in [1.82, 2.24) is 24.6 Å². The first kappa shape index (κ1) is 18.4. The van der Waals surface area contributed by atoms with E-state index < -0.39 is 0 Å². The molecule has 0 bridgehead atoms. The fourth-order valence-corrected chi connectivity index (χ4v) is 4.85. The molecule has 1 aliphatic rings. The molecule has 0 radical (unpaired) electrons. The van der Waals surface area contributed by atoms with Crippen molar-refractivity contribution in [3.63, 3.8) is 0 Å². The summed E-state index contributed by atoms with van der Waals surface area (Å²) in [5.74, 6) is 1.85. The summed E-state index contributed by atoms with van der Waals surface area (Å²) in [6, 6.07) is 6.27. The van der Waals surface area contributed by atoms with Gasteiger partial charge in [0.15, 0.2) is 0 Å². The molecule has 5 nitrogen and oxygen atoms in total. The van der Waals surface area contributed by atoms with Crippen molar-refractivity contribution in [3.05, 3.63) is 53.2 Å². The Hall–Kier alpha value is -1.92. The lowest BCUT2D eigenvalue weighted by atomic mass is 10.1. The Labute approximate surface area is 165 Å². The number of piperidine rings is 1. The first-order valence-electron chi connectivity index (χ1n) is 9.63. The Kier molecular flexibility index (Phi) is 5.45. The quantitative estimate of drug-likeness (QED) is 0.671. The molecule has 0 saturated carbocycles. The van der Waals surface area contributed by atoms with Crippen molar-refractivity contribution in [3.8, 4) is 0 Å². The lowest BCUT2D eigenvalue weighted by Crippen LogP contribution is -2.34. The van der Waals surface area contributed by atoms with Crippen LogP contribution >= 0.6 is 11.8 Å². The fraction of sp³-hybridized carbons (Fsp3) is 0.476. The third-order valence-corrected chi connectivity index (χ3v) is 6.72. The van der Waals surface area contributed by atoms with E-state index in [2.05, 4.69) is 53.2 Å². The summed E-state index contributed by atoms with van der Waals surface area (Å²) in [6.07, 6.45) is 6.58. The molecule has 2 aromatic heterocycles. The number of rotatable bonds is 5. The summed E-state index contributed by atoms with van der Waals surface area (Å²) in [4.78, 5) is 11.9. The Bertz CT molecular complexity index is 927. The summed E-state index contributed by atoms with van der Waals surface area (Å²) >= 11 is 2.01. The number of aryl methyl sites for hydroxylation is 3. The number of hydrogen-bond donors (Lipinski definition) is 0. The normalized spacial score (nSPS) is 16.3. The molecule has 0 amide bonds. The highest BCUT2D eigenvalue weighted by molar-refractivity contribution is 7.99. The van der Waals surface area contributed by atoms with Crippen LogP contribution in [0.1, 0.15) is 35.5 Å². The van der Waals surface area contributed by atoms with Gasteiger partial charge in [-0.3, -0.25) is 9.58 Å². The SMILES string of the molecule is Cc1nn(C)cc1CN1CCC(SCc2ncc3cccc(C)c3n2)CC1. The molecule has 0 atom stereocenters. The second-order valence-electron chi connectivity index (χ2n) is 7.50. The van der Waals surface area contributed by atoms with E-state index in [0.717, 1.165) is 47.8 Å². The van der Waals surface area contributed by atoms with Crippen LogP contribution in [-0.4, -0.2) is 43.0 Å². The highest BCUT2D eigenvalue weighted by atomic mass is 32.2. The Morgan fingerprint density at radius 3 is 2.74 bits per heavy atom. The van der Waals surface area contributed by atoms with Crippen LogP contribution in [0.15, 0.2) is 30.6 Å². The standard InChI is InChI=1S/C21H27N5S/c1-15-5-4-6-17-11-22-20(23-21(15)17)14-27-19-7-9-26(10-8-19)13-18-12-25(3)24-16(18)2/h4-6,11-12,19H,7-10,13-14H2,1-3H3. The van der Waals surface area contributed by atoms with Crippen LogP contribution in [0.4, 0.5) is 0 Å². The summed E-state index contributed by atoms with van der Waals surface area (Å²) < 4.78 is 1.92. The third kappa shape index (κ3) is 4.33. The molecule has 27 heavy (non-hydrogen) atoms. The van der Waals surface area contributed by atoms with E-state index in [9.17, 15) is 0 Å². The number of thioether (sulfide) groups is 1. The third-order valence-electron chi connectivity index (χ3n) is 5.35. The van der Waals surface area contributed by atoms with Crippen LogP contribution in [0, 0.1) is 13.8 Å². The van der Waals surface area contributed by atoms with Crippen LogP contribution in [0.2, 0.25) is 0 Å².